The Balaban J connectivity index is 1.79. The summed E-state index contributed by atoms with van der Waals surface area (Å²) in [6.45, 7) is 0.479. The SMILES string of the molecule is CNc1ccccc1N(C=O)CCN(C=O)c1ccc(N(Cc2cccc(Cl)c2Cl)S(C)(=O)=O)cc1. The van der Waals surface area contributed by atoms with Gasteiger partial charge < -0.3 is 15.1 Å². The van der Waals surface area contributed by atoms with Crippen LogP contribution in [0.4, 0.5) is 22.7 Å². The molecule has 0 radical (unpaired) electrons. The smallest absolute Gasteiger partial charge is 0.232 e. The number of rotatable bonds is 12. The molecule has 0 atom stereocenters. The predicted molar refractivity (Wildman–Crippen MR) is 147 cm³/mol. The summed E-state index contributed by atoms with van der Waals surface area (Å²) in [4.78, 5) is 26.5. The van der Waals surface area contributed by atoms with E-state index >= 15 is 0 Å². The van der Waals surface area contributed by atoms with E-state index in [0.717, 1.165) is 11.9 Å². The average molecular weight is 549 g/mol. The lowest BCUT2D eigenvalue weighted by Gasteiger charge is -2.26. The molecule has 0 bridgehead atoms. The molecule has 3 rings (SSSR count). The lowest BCUT2D eigenvalue weighted by atomic mass is 10.2. The van der Waals surface area contributed by atoms with Crippen LogP contribution in [0, 0.1) is 0 Å². The molecular formula is C25H26Cl2N4O4S. The summed E-state index contributed by atoms with van der Waals surface area (Å²) in [5, 5.41) is 3.67. The number of nitrogens with zero attached hydrogens (tertiary/aromatic N) is 3. The second kappa shape index (κ2) is 12.1. The van der Waals surface area contributed by atoms with Crippen molar-refractivity contribution in [3.05, 3.63) is 82.3 Å². The van der Waals surface area contributed by atoms with Crippen LogP contribution in [0.25, 0.3) is 0 Å². The van der Waals surface area contributed by atoms with E-state index in [1.54, 1.807) is 49.5 Å². The molecule has 190 valence electrons. The van der Waals surface area contributed by atoms with Gasteiger partial charge in [0.05, 0.1) is 39.9 Å². The Kier molecular flexibility index (Phi) is 9.19. The summed E-state index contributed by atoms with van der Waals surface area (Å²) in [6, 6.07) is 18.9. The lowest BCUT2D eigenvalue weighted by molar-refractivity contribution is -0.108. The molecule has 3 aromatic rings. The third-order valence-corrected chi connectivity index (χ3v) is 7.53. The van der Waals surface area contributed by atoms with Crippen molar-refractivity contribution in [2.75, 3.05) is 45.8 Å². The highest BCUT2D eigenvalue weighted by Crippen LogP contribution is 2.30. The molecule has 1 N–H and O–H groups in total. The summed E-state index contributed by atoms with van der Waals surface area (Å²) in [5.74, 6) is 0. The number of hydrogen-bond acceptors (Lipinski definition) is 5. The Morgan fingerprint density at radius 1 is 0.833 bits per heavy atom. The number of para-hydroxylation sites is 2. The molecule has 0 heterocycles. The maximum Gasteiger partial charge on any atom is 0.232 e. The molecule has 0 saturated heterocycles. The highest BCUT2D eigenvalue weighted by atomic mass is 35.5. The molecule has 36 heavy (non-hydrogen) atoms. The van der Waals surface area contributed by atoms with Crippen molar-refractivity contribution in [1.29, 1.82) is 0 Å². The third kappa shape index (κ3) is 6.48. The third-order valence-electron chi connectivity index (χ3n) is 5.53. The molecule has 0 aromatic heterocycles. The Morgan fingerprint density at radius 3 is 2.06 bits per heavy atom. The van der Waals surface area contributed by atoms with Crippen LogP contribution in [0.15, 0.2) is 66.7 Å². The average Bonchev–Trinajstić information content (AvgIpc) is 2.87. The minimum absolute atomic E-state index is 0.00582. The van der Waals surface area contributed by atoms with Gasteiger partial charge in [-0.25, -0.2) is 8.42 Å². The van der Waals surface area contributed by atoms with Crippen molar-refractivity contribution >= 4 is 68.8 Å². The summed E-state index contributed by atoms with van der Waals surface area (Å²) >= 11 is 12.3. The fraction of sp³-hybridized carbons (Fsp3) is 0.200. The first-order chi connectivity index (χ1) is 17.2. The van der Waals surface area contributed by atoms with E-state index in [-0.39, 0.29) is 24.7 Å². The Bertz CT molecular complexity index is 1320. The van der Waals surface area contributed by atoms with Crippen LogP contribution in [-0.2, 0) is 26.2 Å². The fourth-order valence-electron chi connectivity index (χ4n) is 3.66. The van der Waals surface area contributed by atoms with Gasteiger partial charge in [-0.1, -0.05) is 47.5 Å². The van der Waals surface area contributed by atoms with Crippen molar-refractivity contribution < 1.29 is 18.0 Å². The lowest BCUT2D eigenvalue weighted by Crippen LogP contribution is -2.34. The van der Waals surface area contributed by atoms with E-state index in [0.29, 0.717) is 40.5 Å². The largest absolute Gasteiger partial charge is 0.386 e. The quantitative estimate of drug-likeness (QED) is 0.333. The van der Waals surface area contributed by atoms with E-state index in [4.69, 9.17) is 23.2 Å². The Hall–Kier alpha value is -3.27. The van der Waals surface area contributed by atoms with Crippen molar-refractivity contribution in [2.24, 2.45) is 0 Å². The zero-order chi connectivity index (χ0) is 26.3. The van der Waals surface area contributed by atoms with Crippen molar-refractivity contribution in [3.63, 3.8) is 0 Å². The number of sulfonamides is 1. The number of halogens is 2. The van der Waals surface area contributed by atoms with Gasteiger partial charge >= 0.3 is 0 Å². The van der Waals surface area contributed by atoms with E-state index in [9.17, 15) is 18.0 Å². The van der Waals surface area contributed by atoms with Crippen LogP contribution in [0.5, 0.6) is 0 Å². The number of benzene rings is 3. The van der Waals surface area contributed by atoms with Crippen LogP contribution in [0.2, 0.25) is 10.0 Å². The maximum absolute atomic E-state index is 12.5. The van der Waals surface area contributed by atoms with Crippen LogP contribution in [0.1, 0.15) is 5.56 Å². The van der Waals surface area contributed by atoms with Crippen molar-refractivity contribution in [3.8, 4) is 0 Å². The Morgan fingerprint density at radius 2 is 1.44 bits per heavy atom. The van der Waals surface area contributed by atoms with Gasteiger partial charge in [0.1, 0.15) is 0 Å². The molecule has 11 heteroatoms. The van der Waals surface area contributed by atoms with Gasteiger partial charge in [-0.15, -0.1) is 0 Å². The molecular weight excluding hydrogens is 523 g/mol. The topological polar surface area (TPSA) is 90.0 Å². The normalized spacial score (nSPS) is 11.0. The van der Waals surface area contributed by atoms with Crippen LogP contribution in [-0.4, -0.2) is 47.6 Å². The summed E-state index contributed by atoms with van der Waals surface area (Å²) < 4.78 is 26.3. The molecule has 0 spiro atoms. The second-order valence-corrected chi connectivity index (χ2v) is 10.6. The van der Waals surface area contributed by atoms with Gasteiger partial charge in [-0.3, -0.25) is 13.9 Å². The minimum Gasteiger partial charge on any atom is -0.386 e. The molecule has 0 aliphatic rings. The number of anilines is 4. The van der Waals surface area contributed by atoms with Gasteiger partial charge in [0.2, 0.25) is 22.8 Å². The highest BCUT2D eigenvalue weighted by molar-refractivity contribution is 7.92. The van der Waals surface area contributed by atoms with Crippen molar-refractivity contribution in [2.45, 2.75) is 6.54 Å². The first kappa shape index (κ1) is 27.3. The number of carbonyl (C=O) groups is 2. The monoisotopic (exact) mass is 548 g/mol. The molecule has 0 aliphatic heterocycles. The zero-order valence-corrected chi connectivity index (χ0v) is 22.1. The highest BCUT2D eigenvalue weighted by Gasteiger charge is 2.20. The molecule has 0 saturated carbocycles. The number of nitrogens with one attached hydrogen (secondary N) is 1. The predicted octanol–water partition coefficient (Wildman–Crippen LogP) is 4.63. The molecule has 8 nitrogen and oxygen atoms in total. The van der Waals surface area contributed by atoms with Crippen LogP contribution in [0.3, 0.4) is 0 Å². The minimum atomic E-state index is -3.65. The van der Waals surface area contributed by atoms with Crippen LogP contribution >= 0.6 is 23.2 Å². The first-order valence-corrected chi connectivity index (χ1v) is 13.5. The Labute approximate surface area is 221 Å². The van der Waals surface area contributed by atoms with E-state index < -0.39 is 10.0 Å². The summed E-state index contributed by atoms with van der Waals surface area (Å²) in [6.07, 6.45) is 2.49. The standard InChI is InChI=1S/C25H26Cl2N4O4S/c1-28-23-8-3-4-9-24(23)30(18-33)15-14-29(17-32)20-10-12-21(13-11-20)31(36(2,34)35)16-19-6-5-7-22(26)25(19)27/h3-13,17-18,28H,14-16H2,1-2H3. The number of carbonyl (C=O) groups excluding carboxylic acids is 2. The molecule has 3 aromatic carbocycles. The maximum atomic E-state index is 12.5. The summed E-state index contributed by atoms with van der Waals surface area (Å²) in [5.41, 5.74) is 2.99. The second-order valence-electron chi connectivity index (χ2n) is 7.86. The number of amides is 2. The first-order valence-electron chi connectivity index (χ1n) is 10.9. The molecule has 2 amide bonds. The number of hydrogen-bond donors (Lipinski definition) is 1. The molecule has 0 fully saturated rings. The fourth-order valence-corrected chi connectivity index (χ4v) is 4.92. The summed E-state index contributed by atoms with van der Waals surface area (Å²) in [7, 11) is -1.88. The van der Waals surface area contributed by atoms with Gasteiger partial charge in [0.25, 0.3) is 0 Å². The van der Waals surface area contributed by atoms with Gasteiger partial charge in [-0.05, 0) is 48.0 Å². The van der Waals surface area contributed by atoms with Gasteiger partial charge in [-0.2, -0.15) is 0 Å². The van der Waals surface area contributed by atoms with Crippen molar-refractivity contribution in [1.82, 2.24) is 0 Å². The zero-order valence-electron chi connectivity index (χ0n) is 19.8. The van der Waals surface area contributed by atoms with Crippen LogP contribution < -0.4 is 19.4 Å². The van der Waals surface area contributed by atoms with Gasteiger partial charge in [0, 0.05) is 25.8 Å². The molecule has 0 aliphatic carbocycles. The van der Waals surface area contributed by atoms with E-state index in [2.05, 4.69) is 5.32 Å². The van der Waals surface area contributed by atoms with E-state index in [1.165, 1.54) is 14.1 Å². The van der Waals surface area contributed by atoms with Gasteiger partial charge in [0.15, 0.2) is 0 Å². The van der Waals surface area contributed by atoms with E-state index in [1.807, 2.05) is 24.3 Å². The molecule has 0 unspecified atom stereocenters.